The van der Waals surface area contributed by atoms with E-state index in [9.17, 15) is 4.79 Å². The molecule has 4 nitrogen and oxygen atoms in total. The Labute approximate surface area is 161 Å². The first kappa shape index (κ1) is 17.1. The molecule has 0 unspecified atom stereocenters. The summed E-state index contributed by atoms with van der Waals surface area (Å²) in [6, 6.07) is 13.6. The second-order valence-electron chi connectivity index (χ2n) is 6.38. The van der Waals surface area contributed by atoms with Crippen molar-refractivity contribution in [3.8, 4) is 11.5 Å². The number of benzene rings is 2. The SMILES string of the molecule is CC(C)c1ccc(/C=C2/SC(=S)N(c3ccc4c(c3)OCO4)C2=O)cc1. The molecule has 2 aromatic carbocycles. The molecule has 2 heterocycles. The highest BCUT2D eigenvalue weighted by atomic mass is 32.2. The number of hydrogen-bond acceptors (Lipinski definition) is 5. The van der Waals surface area contributed by atoms with Gasteiger partial charge in [0.15, 0.2) is 15.8 Å². The van der Waals surface area contributed by atoms with Gasteiger partial charge in [-0.1, -0.05) is 62.1 Å². The van der Waals surface area contributed by atoms with E-state index in [0.717, 1.165) is 5.56 Å². The number of anilines is 1. The number of thiocarbonyl (C=S) groups is 1. The van der Waals surface area contributed by atoms with Crippen molar-refractivity contribution in [1.29, 1.82) is 0 Å². The van der Waals surface area contributed by atoms with Gasteiger partial charge in [0.05, 0.1) is 10.6 Å². The first-order valence-corrected chi connectivity index (χ1v) is 9.53. The largest absolute Gasteiger partial charge is 0.454 e. The van der Waals surface area contributed by atoms with Gasteiger partial charge in [-0.15, -0.1) is 0 Å². The van der Waals surface area contributed by atoms with Crippen LogP contribution in [0.1, 0.15) is 30.9 Å². The summed E-state index contributed by atoms with van der Waals surface area (Å²) >= 11 is 6.74. The predicted octanol–water partition coefficient (Wildman–Crippen LogP) is 4.94. The standard InChI is InChI=1S/C20H17NO3S2/c1-12(2)14-5-3-13(4-6-14)9-18-19(22)21(20(25)26-18)15-7-8-16-17(10-15)24-11-23-16/h3-10,12H,11H2,1-2H3/b18-9+. The molecule has 6 heteroatoms. The minimum absolute atomic E-state index is 0.119. The molecular weight excluding hydrogens is 366 g/mol. The number of carbonyl (C=O) groups is 1. The molecule has 0 aliphatic carbocycles. The maximum Gasteiger partial charge on any atom is 0.270 e. The molecule has 0 radical (unpaired) electrons. The molecule has 0 N–H and O–H groups in total. The fourth-order valence-corrected chi connectivity index (χ4v) is 4.14. The summed E-state index contributed by atoms with van der Waals surface area (Å²) in [6.07, 6.45) is 1.89. The Hall–Kier alpha value is -2.31. The molecule has 4 rings (SSSR count). The Morgan fingerprint density at radius 1 is 1.12 bits per heavy atom. The first-order chi connectivity index (χ1) is 12.5. The van der Waals surface area contributed by atoms with Crippen molar-refractivity contribution in [1.82, 2.24) is 0 Å². The van der Waals surface area contributed by atoms with Gasteiger partial charge >= 0.3 is 0 Å². The zero-order chi connectivity index (χ0) is 18.3. The van der Waals surface area contributed by atoms with Crippen molar-refractivity contribution in [2.24, 2.45) is 0 Å². The van der Waals surface area contributed by atoms with Crippen LogP contribution in [0.25, 0.3) is 6.08 Å². The van der Waals surface area contributed by atoms with Crippen LogP contribution in [0.2, 0.25) is 0 Å². The van der Waals surface area contributed by atoms with Crippen molar-refractivity contribution >= 4 is 46.0 Å². The number of nitrogens with zero attached hydrogens (tertiary/aromatic N) is 1. The van der Waals surface area contributed by atoms with E-state index in [1.54, 1.807) is 12.1 Å². The van der Waals surface area contributed by atoms with Crippen LogP contribution in [0, 0.1) is 0 Å². The molecule has 26 heavy (non-hydrogen) atoms. The summed E-state index contributed by atoms with van der Waals surface area (Å²) in [6.45, 7) is 4.51. The van der Waals surface area contributed by atoms with Gasteiger partial charge in [-0.05, 0) is 35.3 Å². The average Bonchev–Trinajstić information content (AvgIpc) is 3.19. The highest BCUT2D eigenvalue weighted by Gasteiger charge is 2.34. The Morgan fingerprint density at radius 3 is 2.58 bits per heavy atom. The number of hydrogen-bond donors (Lipinski definition) is 0. The second kappa shape index (κ2) is 6.78. The molecular formula is C20H17NO3S2. The van der Waals surface area contributed by atoms with Crippen LogP contribution < -0.4 is 14.4 Å². The predicted molar refractivity (Wildman–Crippen MR) is 109 cm³/mol. The number of thioether (sulfide) groups is 1. The van der Waals surface area contributed by atoms with Crippen LogP contribution in [0.4, 0.5) is 5.69 Å². The normalized spacial score (nSPS) is 17.7. The molecule has 0 atom stereocenters. The number of rotatable bonds is 3. The number of amides is 1. The maximum absolute atomic E-state index is 12.9. The Balaban J connectivity index is 1.61. The fraction of sp³-hybridized carbons (Fsp3) is 0.200. The number of fused-ring (bicyclic) bond motifs is 1. The number of carbonyl (C=O) groups excluding carboxylic acids is 1. The maximum atomic E-state index is 12.9. The molecule has 0 saturated carbocycles. The molecule has 1 fully saturated rings. The van der Waals surface area contributed by atoms with Crippen molar-refractivity contribution in [2.75, 3.05) is 11.7 Å². The zero-order valence-corrected chi connectivity index (χ0v) is 16.0. The van der Waals surface area contributed by atoms with E-state index >= 15 is 0 Å². The fourth-order valence-electron chi connectivity index (χ4n) is 2.84. The van der Waals surface area contributed by atoms with Crippen LogP contribution in [-0.2, 0) is 4.79 Å². The molecule has 0 spiro atoms. The second-order valence-corrected chi connectivity index (χ2v) is 8.05. The van der Waals surface area contributed by atoms with Gasteiger partial charge in [-0.3, -0.25) is 9.69 Å². The minimum Gasteiger partial charge on any atom is -0.454 e. The Kier molecular flexibility index (Phi) is 4.46. The lowest BCUT2D eigenvalue weighted by molar-refractivity contribution is -0.113. The van der Waals surface area contributed by atoms with Gasteiger partial charge in [0, 0.05) is 6.07 Å². The summed E-state index contributed by atoms with van der Waals surface area (Å²) in [5.41, 5.74) is 2.95. The topological polar surface area (TPSA) is 38.8 Å². The van der Waals surface area contributed by atoms with E-state index in [2.05, 4.69) is 26.0 Å². The van der Waals surface area contributed by atoms with E-state index < -0.39 is 0 Å². The van der Waals surface area contributed by atoms with Crippen molar-refractivity contribution < 1.29 is 14.3 Å². The molecule has 1 amide bonds. The van der Waals surface area contributed by atoms with E-state index in [1.807, 2.05) is 24.3 Å². The van der Waals surface area contributed by atoms with Crippen LogP contribution in [0.3, 0.4) is 0 Å². The summed E-state index contributed by atoms with van der Waals surface area (Å²) in [7, 11) is 0. The third-order valence-corrected chi connectivity index (χ3v) is 5.61. The smallest absolute Gasteiger partial charge is 0.270 e. The molecule has 2 aromatic rings. The molecule has 0 bridgehead atoms. The highest BCUT2D eigenvalue weighted by molar-refractivity contribution is 8.27. The molecule has 1 saturated heterocycles. The lowest BCUT2D eigenvalue weighted by atomic mass is 10.0. The quantitative estimate of drug-likeness (QED) is 0.554. The van der Waals surface area contributed by atoms with Crippen LogP contribution >= 0.6 is 24.0 Å². The van der Waals surface area contributed by atoms with Gasteiger partial charge in [0.25, 0.3) is 5.91 Å². The molecule has 0 aromatic heterocycles. The Morgan fingerprint density at radius 2 is 1.85 bits per heavy atom. The van der Waals surface area contributed by atoms with Crippen LogP contribution in [-0.4, -0.2) is 17.0 Å². The van der Waals surface area contributed by atoms with Gasteiger partial charge in [-0.25, -0.2) is 0 Å². The number of ether oxygens (including phenoxy) is 2. The van der Waals surface area contributed by atoms with Gasteiger partial charge in [0.2, 0.25) is 6.79 Å². The van der Waals surface area contributed by atoms with E-state index in [-0.39, 0.29) is 12.7 Å². The third kappa shape index (κ3) is 3.10. The first-order valence-electron chi connectivity index (χ1n) is 8.30. The average molecular weight is 383 g/mol. The minimum atomic E-state index is -0.119. The molecule has 2 aliphatic rings. The molecule has 132 valence electrons. The summed E-state index contributed by atoms with van der Waals surface area (Å²) in [5.74, 6) is 1.67. The van der Waals surface area contributed by atoms with Gasteiger partial charge in [0.1, 0.15) is 0 Å². The summed E-state index contributed by atoms with van der Waals surface area (Å²) in [4.78, 5) is 15.0. The third-order valence-electron chi connectivity index (χ3n) is 4.31. The van der Waals surface area contributed by atoms with Crippen LogP contribution in [0.15, 0.2) is 47.4 Å². The van der Waals surface area contributed by atoms with Crippen molar-refractivity contribution in [3.05, 3.63) is 58.5 Å². The van der Waals surface area contributed by atoms with Crippen molar-refractivity contribution in [2.45, 2.75) is 19.8 Å². The lowest BCUT2D eigenvalue weighted by Crippen LogP contribution is -2.27. The van der Waals surface area contributed by atoms with Crippen molar-refractivity contribution in [3.63, 3.8) is 0 Å². The Bertz CT molecular complexity index is 919. The van der Waals surface area contributed by atoms with Crippen LogP contribution in [0.5, 0.6) is 11.5 Å². The molecule has 2 aliphatic heterocycles. The van der Waals surface area contributed by atoms with E-state index in [4.69, 9.17) is 21.7 Å². The van der Waals surface area contributed by atoms with Gasteiger partial charge < -0.3 is 9.47 Å². The van der Waals surface area contributed by atoms with Gasteiger partial charge in [-0.2, -0.15) is 0 Å². The lowest BCUT2D eigenvalue weighted by Gasteiger charge is -2.14. The van der Waals surface area contributed by atoms with E-state index in [0.29, 0.717) is 32.3 Å². The summed E-state index contributed by atoms with van der Waals surface area (Å²) in [5, 5.41) is 0. The monoisotopic (exact) mass is 383 g/mol. The zero-order valence-electron chi connectivity index (χ0n) is 14.4. The highest BCUT2D eigenvalue weighted by Crippen LogP contribution is 2.40. The summed E-state index contributed by atoms with van der Waals surface area (Å²) < 4.78 is 11.2. The van der Waals surface area contributed by atoms with E-state index in [1.165, 1.54) is 22.2 Å².